The average molecular weight is 359 g/mol. The van der Waals surface area contributed by atoms with E-state index in [1.807, 2.05) is 62.4 Å². The van der Waals surface area contributed by atoms with E-state index in [1.54, 1.807) is 0 Å². The van der Waals surface area contributed by atoms with E-state index in [2.05, 4.69) is 36.5 Å². The molecule has 3 rings (SSSR count). The van der Waals surface area contributed by atoms with Crippen molar-refractivity contribution in [3.05, 3.63) is 101 Å². The van der Waals surface area contributed by atoms with E-state index in [1.165, 1.54) is 5.56 Å². The third kappa shape index (κ3) is 4.98. The largest absolute Gasteiger partial charge is 0.483 e. The second kappa shape index (κ2) is 8.54. The van der Waals surface area contributed by atoms with E-state index in [9.17, 15) is 4.79 Å². The summed E-state index contributed by atoms with van der Waals surface area (Å²) in [7, 11) is 0. The van der Waals surface area contributed by atoms with E-state index in [-0.39, 0.29) is 18.6 Å². The molecule has 0 radical (unpaired) electrons. The lowest BCUT2D eigenvalue weighted by atomic mass is 9.98. The molecule has 0 bridgehead atoms. The van der Waals surface area contributed by atoms with Crippen LogP contribution in [0.15, 0.2) is 72.8 Å². The van der Waals surface area contributed by atoms with Crippen molar-refractivity contribution in [1.82, 2.24) is 5.32 Å². The first-order valence-electron chi connectivity index (χ1n) is 9.14. The quantitative estimate of drug-likeness (QED) is 0.680. The first kappa shape index (κ1) is 18.7. The minimum Gasteiger partial charge on any atom is -0.483 e. The van der Waals surface area contributed by atoms with Gasteiger partial charge in [-0.15, -0.1) is 0 Å². The highest BCUT2D eigenvalue weighted by molar-refractivity contribution is 5.78. The van der Waals surface area contributed by atoms with Gasteiger partial charge in [-0.25, -0.2) is 0 Å². The van der Waals surface area contributed by atoms with Gasteiger partial charge in [-0.1, -0.05) is 72.3 Å². The minimum atomic E-state index is -0.207. The molecule has 27 heavy (non-hydrogen) atoms. The summed E-state index contributed by atoms with van der Waals surface area (Å²) in [5.41, 5.74) is 5.41. The predicted octanol–water partition coefficient (Wildman–Crippen LogP) is 4.90. The van der Waals surface area contributed by atoms with Gasteiger partial charge < -0.3 is 10.1 Å². The van der Waals surface area contributed by atoms with Crippen molar-refractivity contribution in [3.63, 3.8) is 0 Å². The molecule has 3 aromatic rings. The van der Waals surface area contributed by atoms with Gasteiger partial charge in [0.25, 0.3) is 5.91 Å². The monoisotopic (exact) mass is 359 g/mol. The minimum absolute atomic E-state index is 0.0144. The predicted molar refractivity (Wildman–Crippen MR) is 109 cm³/mol. The summed E-state index contributed by atoms with van der Waals surface area (Å²) in [6, 6.07) is 24.0. The molecular weight excluding hydrogens is 334 g/mol. The molecule has 0 aliphatic rings. The second-order valence-electron chi connectivity index (χ2n) is 6.88. The lowest BCUT2D eigenvalue weighted by Gasteiger charge is -2.20. The molecule has 1 N–H and O–H groups in total. The first-order chi connectivity index (χ1) is 13.0. The summed E-state index contributed by atoms with van der Waals surface area (Å²) in [6.07, 6.45) is 0. The highest BCUT2D eigenvalue weighted by Crippen LogP contribution is 2.23. The molecular formula is C24H25NO2. The number of aryl methyl sites for hydroxylation is 3. The number of carbonyl (C=O) groups is 1. The fraction of sp³-hybridized carbons (Fsp3) is 0.208. The highest BCUT2D eigenvalue weighted by atomic mass is 16.5. The van der Waals surface area contributed by atoms with Crippen LogP contribution in [0.4, 0.5) is 0 Å². The fourth-order valence-corrected chi connectivity index (χ4v) is 2.97. The molecule has 3 heteroatoms. The zero-order valence-electron chi connectivity index (χ0n) is 16.0. The third-order valence-corrected chi connectivity index (χ3v) is 4.55. The number of nitrogens with one attached hydrogen (secondary N) is 1. The summed E-state index contributed by atoms with van der Waals surface area (Å²) >= 11 is 0. The Morgan fingerprint density at radius 1 is 0.852 bits per heavy atom. The van der Waals surface area contributed by atoms with Crippen LogP contribution in [0.1, 0.15) is 33.9 Å². The Kier molecular flexibility index (Phi) is 5.92. The van der Waals surface area contributed by atoms with E-state index in [4.69, 9.17) is 4.74 Å². The van der Waals surface area contributed by atoms with E-state index in [0.29, 0.717) is 0 Å². The molecule has 0 aromatic heterocycles. The zero-order valence-corrected chi connectivity index (χ0v) is 16.0. The molecule has 3 aromatic carbocycles. The maximum atomic E-state index is 12.6. The van der Waals surface area contributed by atoms with Crippen molar-refractivity contribution >= 4 is 5.91 Å². The van der Waals surface area contributed by atoms with Gasteiger partial charge in [-0.05, 0) is 49.1 Å². The van der Waals surface area contributed by atoms with Gasteiger partial charge in [0.2, 0.25) is 0 Å². The SMILES string of the molecule is Cc1ccc([C@H](NC(=O)COc2cc(C)ccc2C)c2ccccc2)cc1. The Balaban J connectivity index is 1.74. The van der Waals surface area contributed by atoms with Crippen molar-refractivity contribution in [1.29, 1.82) is 0 Å². The number of hydrogen-bond acceptors (Lipinski definition) is 2. The molecule has 0 spiro atoms. The van der Waals surface area contributed by atoms with E-state index >= 15 is 0 Å². The number of ether oxygens (including phenoxy) is 1. The fourth-order valence-electron chi connectivity index (χ4n) is 2.97. The maximum Gasteiger partial charge on any atom is 0.258 e. The maximum absolute atomic E-state index is 12.6. The second-order valence-corrected chi connectivity index (χ2v) is 6.88. The number of rotatable bonds is 6. The van der Waals surface area contributed by atoms with Gasteiger partial charge >= 0.3 is 0 Å². The topological polar surface area (TPSA) is 38.3 Å². The van der Waals surface area contributed by atoms with Crippen molar-refractivity contribution in [2.45, 2.75) is 26.8 Å². The molecule has 0 aliphatic carbocycles. The molecule has 0 heterocycles. The molecule has 138 valence electrons. The summed E-state index contributed by atoms with van der Waals surface area (Å²) in [5, 5.41) is 3.11. The average Bonchev–Trinajstić information content (AvgIpc) is 2.68. The molecule has 0 unspecified atom stereocenters. The third-order valence-electron chi connectivity index (χ3n) is 4.55. The molecule has 0 fully saturated rings. The normalized spacial score (nSPS) is 11.7. The van der Waals surface area contributed by atoms with E-state index < -0.39 is 0 Å². The summed E-state index contributed by atoms with van der Waals surface area (Å²) in [4.78, 5) is 12.6. The Labute approximate surface area is 161 Å². The summed E-state index contributed by atoms with van der Waals surface area (Å²) < 4.78 is 5.76. The van der Waals surface area contributed by atoms with Crippen LogP contribution in [0.3, 0.4) is 0 Å². The zero-order chi connectivity index (χ0) is 19.2. The Morgan fingerprint density at radius 2 is 1.48 bits per heavy atom. The molecule has 1 atom stereocenters. The van der Waals surface area contributed by atoms with Crippen LogP contribution >= 0.6 is 0 Å². The Hall–Kier alpha value is -3.07. The first-order valence-corrected chi connectivity index (χ1v) is 9.14. The molecule has 0 saturated heterocycles. The van der Waals surface area contributed by atoms with Crippen LogP contribution < -0.4 is 10.1 Å². The molecule has 0 aliphatic heterocycles. The Bertz CT molecular complexity index is 901. The molecule has 3 nitrogen and oxygen atoms in total. The van der Waals surface area contributed by atoms with Crippen LogP contribution in [0.2, 0.25) is 0 Å². The summed E-state index contributed by atoms with van der Waals surface area (Å²) in [6.45, 7) is 6.03. The smallest absolute Gasteiger partial charge is 0.258 e. The van der Waals surface area contributed by atoms with Crippen LogP contribution in [-0.2, 0) is 4.79 Å². The van der Waals surface area contributed by atoms with Crippen LogP contribution in [0.5, 0.6) is 5.75 Å². The lowest BCUT2D eigenvalue weighted by Crippen LogP contribution is -2.33. The van der Waals surface area contributed by atoms with Crippen molar-refractivity contribution in [2.75, 3.05) is 6.61 Å². The highest BCUT2D eigenvalue weighted by Gasteiger charge is 2.17. The standard InChI is InChI=1S/C24H25NO2/c1-17-10-13-21(14-11-17)24(20-7-5-4-6-8-20)25-23(26)16-27-22-15-18(2)9-12-19(22)3/h4-15,24H,16H2,1-3H3,(H,25,26)/t24-/m1/s1. The van der Waals surface area contributed by atoms with Gasteiger partial charge in [0.15, 0.2) is 6.61 Å². The van der Waals surface area contributed by atoms with Gasteiger partial charge in [0.1, 0.15) is 5.75 Å². The number of amides is 1. The molecule has 0 saturated carbocycles. The van der Waals surface area contributed by atoms with Gasteiger partial charge in [-0.2, -0.15) is 0 Å². The van der Waals surface area contributed by atoms with Gasteiger partial charge in [0, 0.05) is 0 Å². The van der Waals surface area contributed by atoms with Gasteiger partial charge in [0.05, 0.1) is 6.04 Å². The van der Waals surface area contributed by atoms with Crippen molar-refractivity contribution in [2.24, 2.45) is 0 Å². The Morgan fingerprint density at radius 3 is 2.19 bits per heavy atom. The van der Waals surface area contributed by atoms with Crippen molar-refractivity contribution in [3.8, 4) is 5.75 Å². The van der Waals surface area contributed by atoms with Crippen LogP contribution in [-0.4, -0.2) is 12.5 Å². The molecule has 1 amide bonds. The van der Waals surface area contributed by atoms with E-state index in [0.717, 1.165) is 28.0 Å². The van der Waals surface area contributed by atoms with Gasteiger partial charge in [-0.3, -0.25) is 4.79 Å². The number of benzene rings is 3. The number of carbonyl (C=O) groups excluding carboxylic acids is 1. The lowest BCUT2D eigenvalue weighted by molar-refractivity contribution is -0.123. The van der Waals surface area contributed by atoms with Crippen LogP contribution in [0, 0.1) is 20.8 Å². The van der Waals surface area contributed by atoms with Crippen LogP contribution in [0.25, 0.3) is 0 Å². The number of hydrogen-bond donors (Lipinski definition) is 1. The summed E-state index contributed by atoms with van der Waals surface area (Å²) in [5.74, 6) is 0.599. The van der Waals surface area contributed by atoms with Crippen molar-refractivity contribution < 1.29 is 9.53 Å².